The zero-order valence-electron chi connectivity index (χ0n) is 11.9. The molecule has 2 aromatic carbocycles. The summed E-state index contributed by atoms with van der Waals surface area (Å²) >= 11 is 24.1. The molecule has 0 aliphatic carbocycles. The van der Waals surface area contributed by atoms with E-state index in [0.717, 1.165) is 18.7 Å². The Morgan fingerprint density at radius 2 is 1.48 bits per heavy atom. The van der Waals surface area contributed by atoms with Gasteiger partial charge in [-0.15, -0.1) is 12.4 Å². The molecular formula is C16H14Cl5NO. The Kier molecular flexibility index (Phi) is 6.73. The fourth-order valence-corrected chi connectivity index (χ4v) is 2.94. The second-order valence-electron chi connectivity index (χ2n) is 5.21. The van der Waals surface area contributed by atoms with E-state index in [1.165, 1.54) is 0 Å². The summed E-state index contributed by atoms with van der Waals surface area (Å²) in [6.45, 7) is 1.79. The Balaban J connectivity index is 0.00000192. The predicted molar refractivity (Wildman–Crippen MR) is 99.9 cm³/mol. The molecule has 1 heterocycles. The summed E-state index contributed by atoms with van der Waals surface area (Å²) in [5.41, 5.74) is 0.993. The first-order valence-corrected chi connectivity index (χ1v) is 8.33. The summed E-state index contributed by atoms with van der Waals surface area (Å²) < 4.78 is 6.15. The van der Waals surface area contributed by atoms with Gasteiger partial charge in [0.25, 0.3) is 0 Å². The lowest BCUT2D eigenvalue weighted by Gasteiger charge is -2.35. The molecule has 23 heavy (non-hydrogen) atoms. The third-order valence-electron chi connectivity index (χ3n) is 3.67. The van der Waals surface area contributed by atoms with E-state index in [1.807, 2.05) is 18.2 Å². The van der Waals surface area contributed by atoms with Crippen LogP contribution in [-0.2, 0) is 0 Å². The third-order valence-corrected chi connectivity index (χ3v) is 5.15. The molecule has 0 amide bonds. The van der Waals surface area contributed by atoms with Gasteiger partial charge in [-0.05, 0) is 29.8 Å². The smallest absolute Gasteiger partial charge is 0.129 e. The molecule has 1 atom stereocenters. The lowest BCUT2D eigenvalue weighted by atomic mass is 9.91. The van der Waals surface area contributed by atoms with E-state index in [2.05, 4.69) is 5.32 Å². The van der Waals surface area contributed by atoms with Crippen LogP contribution < -0.4 is 10.1 Å². The first-order valence-electron chi connectivity index (χ1n) is 6.82. The molecule has 0 radical (unpaired) electrons. The first-order chi connectivity index (χ1) is 10.5. The average Bonchev–Trinajstić information content (AvgIpc) is 2.43. The van der Waals surface area contributed by atoms with E-state index in [4.69, 9.17) is 51.1 Å². The van der Waals surface area contributed by atoms with Crippen LogP contribution in [0.15, 0.2) is 36.4 Å². The zero-order valence-corrected chi connectivity index (χ0v) is 15.7. The van der Waals surface area contributed by atoms with Crippen molar-refractivity contribution in [3.8, 4) is 5.75 Å². The maximum atomic E-state index is 6.15. The zero-order chi connectivity index (χ0) is 15.7. The SMILES string of the molecule is Cl.Clc1ccc(OC(c2ccc(Cl)c(Cl)c2)C2CNC2)cc1Cl. The van der Waals surface area contributed by atoms with Gasteiger partial charge in [0, 0.05) is 25.1 Å². The van der Waals surface area contributed by atoms with Gasteiger partial charge in [0.15, 0.2) is 0 Å². The second kappa shape index (κ2) is 8.15. The van der Waals surface area contributed by atoms with Crippen LogP contribution in [0, 0.1) is 5.92 Å². The van der Waals surface area contributed by atoms with Crippen molar-refractivity contribution in [1.82, 2.24) is 5.32 Å². The summed E-state index contributed by atoms with van der Waals surface area (Å²) in [5.74, 6) is 1.05. The monoisotopic (exact) mass is 411 g/mol. The highest BCUT2D eigenvalue weighted by molar-refractivity contribution is 6.42. The van der Waals surface area contributed by atoms with Crippen LogP contribution in [0.1, 0.15) is 11.7 Å². The van der Waals surface area contributed by atoms with Crippen molar-refractivity contribution < 1.29 is 4.74 Å². The van der Waals surface area contributed by atoms with Crippen molar-refractivity contribution in [3.63, 3.8) is 0 Å². The molecule has 0 saturated carbocycles. The fraction of sp³-hybridized carbons (Fsp3) is 0.250. The molecule has 1 saturated heterocycles. The van der Waals surface area contributed by atoms with Gasteiger partial charge in [-0.25, -0.2) is 0 Å². The summed E-state index contributed by atoms with van der Waals surface area (Å²) in [6, 6.07) is 10.8. The largest absolute Gasteiger partial charge is 0.485 e. The minimum atomic E-state index is -0.117. The van der Waals surface area contributed by atoms with Gasteiger partial charge in [-0.3, -0.25) is 0 Å². The fourth-order valence-electron chi connectivity index (χ4n) is 2.35. The molecule has 1 fully saturated rings. The summed E-state index contributed by atoms with van der Waals surface area (Å²) in [7, 11) is 0. The highest BCUT2D eigenvalue weighted by atomic mass is 35.5. The number of nitrogens with one attached hydrogen (secondary N) is 1. The number of halogens is 5. The van der Waals surface area contributed by atoms with Crippen molar-refractivity contribution in [2.24, 2.45) is 5.92 Å². The van der Waals surface area contributed by atoms with Gasteiger partial charge in [-0.2, -0.15) is 0 Å². The van der Waals surface area contributed by atoms with Crippen LogP contribution in [0.3, 0.4) is 0 Å². The van der Waals surface area contributed by atoms with E-state index in [0.29, 0.717) is 31.8 Å². The maximum Gasteiger partial charge on any atom is 0.129 e. The van der Waals surface area contributed by atoms with E-state index >= 15 is 0 Å². The summed E-state index contributed by atoms with van der Waals surface area (Å²) in [4.78, 5) is 0. The van der Waals surface area contributed by atoms with E-state index in [9.17, 15) is 0 Å². The Labute approximate surface area is 161 Å². The molecule has 0 spiro atoms. The third kappa shape index (κ3) is 4.39. The lowest BCUT2D eigenvalue weighted by Crippen LogP contribution is -2.46. The van der Waals surface area contributed by atoms with E-state index in [1.54, 1.807) is 18.2 Å². The first kappa shape index (κ1) is 19.0. The molecule has 1 aliphatic rings. The Morgan fingerprint density at radius 3 is 2.00 bits per heavy atom. The van der Waals surface area contributed by atoms with Crippen LogP contribution in [0.4, 0.5) is 0 Å². The van der Waals surface area contributed by atoms with Crippen molar-refractivity contribution in [2.45, 2.75) is 6.10 Å². The molecule has 7 heteroatoms. The van der Waals surface area contributed by atoms with Crippen molar-refractivity contribution in [3.05, 3.63) is 62.1 Å². The molecule has 0 aromatic heterocycles. The van der Waals surface area contributed by atoms with Crippen LogP contribution in [-0.4, -0.2) is 13.1 Å². The molecule has 2 aromatic rings. The molecule has 0 bridgehead atoms. The van der Waals surface area contributed by atoms with Gasteiger partial charge >= 0.3 is 0 Å². The summed E-state index contributed by atoms with van der Waals surface area (Å²) in [6.07, 6.45) is -0.117. The Hall–Kier alpha value is -0.350. The standard InChI is InChI=1S/C16H13Cl4NO.ClH/c17-12-3-1-9(5-14(12)19)16(10-7-21-8-10)22-11-2-4-13(18)15(20)6-11;/h1-6,10,16,21H,7-8H2;1H. The molecule has 1 N–H and O–H groups in total. The number of hydrogen-bond donors (Lipinski definition) is 1. The van der Waals surface area contributed by atoms with Crippen LogP contribution in [0.2, 0.25) is 20.1 Å². The second-order valence-corrected chi connectivity index (χ2v) is 6.84. The topological polar surface area (TPSA) is 21.3 Å². The van der Waals surface area contributed by atoms with Gasteiger partial charge in [-0.1, -0.05) is 52.5 Å². The predicted octanol–water partition coefficient (Wildman–Crippen LogP) is 6.06. The van der Waals surface area contributed by atoms with Gasteiger partial charge in [0.05, 0.1) is 20.1 Å². The molecule has 2 nitrogen and oxygen atoms in total. The van der Waals surface area contributed by atoms with Crippen molar-refractivity contribution >= 4 is 58.8 Å². The van der Waals surface area contributed by atoms with Gasteiger partial charge < -0.3 is 10.1 Å². The van der Waals surface area contributed by atoms with Crippen LogP contribution in [0.25, 0.3) is 0 Å². The Bertz CT molecular complexity index is 690. The molecule has 3 rings (SSSR count). The normalized spacial score (nSPS) is 15.5. The highest BCUT2D eigenvalue weighted by Gasteiger charge is 2.30. The van der Waals surface area contributed by atoms with Crippen LogP contribution in [0.5, 0.6) is 5.75 Å². The minimum Gasteiger partial charge on any atom is -0.485 e. The van der Waals surface area contributed by atoms with Crippen molar-refractivity contribution in [1.29, 1.82) is 0 Å². The molecule has 1 unspecified atom stereocenters. The van der Waals surface area contributed by atoms with Crippen molar-refractivity contribution in [2.75, 3.05) is 13.1 Å². The average molecular weight is 414 g/mol. The lowest BCUT2D eigenvalue weighted by molar-refractivity contribution is 0.0993. The highest BCUT2D eigenvalue weighted by Crippen LogP contribution is 2.35. The minimum absolute atomic E-state index is 0. The maximum absolute atomic E-state index is 6.15. The van der Waals surface area contributed by atoms with Gasteiger partial charge in [0.1, 0.15) is 11.9 Å². The van der Waals surface area contributed by atoms with Gasteiger partial charge in [0.2, 0.25) is 0 Å². The summed E-state index contributed by atoms with van der Waals surface area (Å²) in [5, 5.41) is 5.29. The quantitative estimate of drug-likeness (QED) is 0.658. The van der Waals surface area contributed by atoms with E-state index < -0.39 is 0 Å². The van der Waals surface area contributed by atoms with E-state index in [-0.39, 0.29) is 18.5 Å². The van der Waals surface area contributed by atoms with Crippen LogP contribution >= 0.6 is 58.8 Å². The molecule has 124 valence electrons. The number of rotatable bonds is 4. The molecular weight excluding hydrogens is 399 g/mol. The number of hydrogen-bond acceptors (Lipinski definition) is 2. The number of benzene rings is 2. The molecule has 1 aliphatic heterocycles. The number of ether oxygens (including phenoxy) is 1. The Morgan fingerprint density at radius 1 is 0.870 bits per heavy atom.